The third kappa shape index (κ3) is 5.29. The first kappa shape index (κ1) is 22.1. The van der Waals surface area contributed by atoms with Crippen LogP contribution in [-0.2, 0) is 16.6 Å². The zero-order valence-electron chi connectivity index (χ0n) is 17.2. The second-order valence-corrected chi connectivity index (χ2v) is 9.11. The standard InChI is InChI=1S/C23H28N2O4S/c1-3-15-25(17-18-9-5-4-6-10-18)23(26)19-13-14-21(29-2)22(16-19)30(27,28)24-20-11-7-8-12-20/h3-6,9-10,13-14,16,20,24H,1,7-8,11-12,15,17H2,2H3. The molecular formula is C23H28N2O4S. The molecule has 0 saturated heterocycles. The molecule has 1 aliphatic rings. The highest BCUT2D eigenvalue weighted by atomic mass is 32.2. The lowest BCUT2D eigenvalue weighted by atomic mass is 10.1. The van der Waals surface area contributed by atoms with Crippen LogP contribution < -0.4 is 9.46 Å². The van der Waals surface area contributed by atoms with Crippen LogP contribution >= 0.6 is 0 Å². The fourth-order valence-electron chi connectivity index (χ4n) is 3.71. The molecular weight excluding hydrogens is 400 g/mol. The van der Waals surface area contributed by atoms with E-state index in [9.17, 15) is 13.2 Å². The summed E-state index contributed by atoms with van der Waals surface area (Å²) in [6, 6.07) is 14.1. The predicted octanol–water partition coefficient (Wildman–Crippen LogP) is 3.74. The molecule has 1 aliphatic carbocycles. The first-order chi connectivity index (χ1) is 14.4. The van der Waals surface area contributed by atoms with E-state index < -0.39 is 10.0 Å². The van der Waals surface area contributed by atoms with Crippen molar-refractivity contribution in [3.63, 3.8) is 0 Å². The number of hydrogen-bond acceptors (Lipinski definition) is 4. The number of amides is 1. The van der Waals surface area contributed by atoms with Crippen molar-refractivity contribution in [2.45, 2.75) is 43.2 Å². The molecule has 3 rings (SSSR count). The van der Waals surface area contributed by atoms with Gasteiger partial charge < -0.3 is 9.64 Å². The van der Waals surface area contributed by atoms with E-state index in [4.69, 9.17) is 4.74 Å². The summed E-state index contributed by atoms with van der Waals surface area (Å²) >= 11 is 0. The van der Waals surface area contributed by atoms with E-state index in [0.29, 0.717) is 18.7 Å². The number of nitrogens with one attached hydrogen (secondary N) is 1. The summed E-state index contributed by atoms with van der Waals surface area (Å²) in [5.74, 6) is -0.0471. The molecule has 0 aromatic heterocycles. The van der Waals surface area contributed by atoms with Crippen molar-refractivity contribution in [1.29, 1.82) is 0 Å². The van der Waals surface area contributed by atoms with Crippen LogP contribution in [0.15, 0.2) is 66.1 Å². The van der Waals surface area contributed by atoms with Gasteiger partial charge in [-0.1, -0.05) is 49.2 Å². The molecule has 160 valence electrons. The number of carbonyl (C=O) groups is 1. The van der Waals surface area contributed by atoms with Crippen LogP contribution in [0.3, 0.4) is 0 Å². The van der Waals surface area contributed by atoms with Gasteiger partial charge in [0.25, 0.3) is 5.91 Å². The third-order valence-corrected chi connectivity index (χ3v) is 6.77. The first-order valence-corrected chi connectivity index (χ1v) is 11.6. The zero-order chi connectivity index (χ0) is 21.6. The number of methoxy groups -OCH3 is 1. The third-order valence-electron chi connectivity index (χ3n) is 5.23. The molecule has 0 atom stereocenters. The van der Waals surface area contributed by atoms with Gasteiger partial charge in [0.05, 0.1) is 7.11 Å². The molecule has 0 bridgehead atoms. The van der Waals surface area contributed by atoms with Crippen molar-refractivity contribution in [3.8, 4) is 5.75 Å². The van der Waals surface area contributed by atoms with Crippen molar-refractivity contribution < 1.29 is 17.9 Å². The lowest BCUT2D eigenvalue weighted by Gasteiger charge is -2.22. The summed E-state index contributed by atoms with van der Waals surface area (Å²) in [6.07, 6.45) is 5.33. The Morgan fingerprint density at radius 2 is 1.90 bits per heavy atom. The molecule has 7 heteroatoms. The molecule has 6 nitrogen and oxygen atoms in total. The number of benzene rings is 2. The molecule has 1 N–H and O–H groups in total. The van der Waals surface area contributed by atoms with Crippen LogP contribution in [0.1, 0.15) is 41.6 Å². The molecule has 2 aromatic rings. The number of ether oxygens (including phenoxy) is 1. The van der Waals surface area contributed by atoms with Crippen molar-refractivity contribution in [2.24, 2.45) is 0 Å². The van der Waals surface area contributed by atoms with Gasteiger partial charge in [0.15, 0.2) is 0 Å². The second-order valence-electron chi connectivity index (χ2n) is 7.43. The topological polar surface area (TPSA) is 75.7 Å². The maximum atomic E-state index is 13.2. The maximum absolute atomic E-state index is 13.2. The molecule has 1 saturated carbocycles. The highest BCUT2D eigenvalue weighted by Crippen LogP contribution is 2.28. The number of nitrogens with zero attached hydrogens (tertiary/aromatic N) is 1. The largest absolute Gasteiger partial charge is 0.495 e. The number of sulfonamides is 1. The van der Waals surface area contributed by atoms with Crippen LogP contribution in [0, 0.1) is 0 Å². The highest BCUT2D eigenvalue weighted by Gasteiger charge is 2.27. The lowest BCUT2D eigenvalue weighted by Crippen LogP contribution is -2.33. The molecule has 0 radical (unpaired) electrons. The van der Waals surface area contributed by atoms with Crippen molar-refractivity contribution >= 4 is 15.9 Å². The quantitative estimate of drug-likeness (QED) is 0.618. The van der Waals surface area contributed by atoms with Gasteiger partial charge >= 0.3 is 0 Å². The lowest BCUT2D eigenvalue weighted by molar-refractivity contribution is 0.0762. The Morgan fingerprint density at radius 1 is 1.20 bits per heavy atom. The summed E-state index contributed by atoms with van der Waals surface area (Å²) < 4.78 is 34.0. The summed E-state index contributed by atoms with van der Waals surface area (Å²) in [6.45, 7) is 4.49. The van der Waals surface area contributed by atoms with Crippen molar-refractivity contribution in [3.05, 3.63) is 72.3 Å². The average Bonchev–Trinajstić information content (AvgIpc) is 3.25. The smallest absolute Gasteiger partial charge is 0.254 e. The summed E-state index contributed by atoms with van der Waals surface area (Å²) in [4.78, 5) is 14.8. The normalized spacial score (nSPS) is 14.4. The van der Waals surface area contributed by atoms with E-state index in [1.165, 1.54) is 19.2 Å². The second kappa shape index (κ2) is 9.91. The van der Waals surface area contributed by atoms with Crippen LogP contribution in [0.5, 0.6) is 5.75 Å². The van der Waals surface area contributed by atoms with Crippen LogP contribution in [0.2, 0.25) is 0 Å². The molecule has 1 fully saturated rings. The number of carbonyl (C=O) groups excluding carboxylic acids is 1. The summed E-state index contributed by atoms with van der Waals surface area (Å²) in [7, 11) is -2.38. The van der Waals surface area contributed by atoms with Gasteiger partial charge in [0.2, 0.25) is 10.0 Å². The Balaban J connectivity index is 1.89. The van der Waals surface area contributed by atoms with E-state index in [1.54, 1.807) is 17.0 Å². The SMILES string of the molecule is C=CCN(Cc1ccccc1)C(=O)c1ccc(OC)c(S(=O)(=O)NC2CCCC2)c1. The molecule has 0 unspecified atom stereocenters. The average molecular weight is 429 g/mol. The van der Waals surface area contributed by atoms with E-state index in [2.05, 4.69) is 11.3 Å². The minimum atomic E-state index is -3.81. The van der Waals surface area contributed by atoms with E-state index in [1.807, 2.05) is 30.3 Å². The monoisotopic (exact) mass is 428 g/mol. The number of hydrogen-bond donors (Lipinski definition) is 1. The molecule has 1 amide bonds. The fraction of sp³-hybridized carbons (Fsp3) is 0.348. The molecule has 0 aliphatic heterocycles. The minimum Gasteiger partial charge on any atom is -0.495 e. The molecule has 2 aromatic carbocycles. The Kier molecular flexibility index (Phi) is 7.29. The van der Waals surface area contributed by atoms with Gasteiger partial charge in [-0.15, -0.1) is 6.58 Å². The first-order valence-electron chi connectivity index (χ1n) is 10.1. The van der Waals surface area contributed by atoms with Crippen LogP contribution in [0.4, 0.5) is 0 Å². The van der Waals surface area contributed by atoms with Gasteiger partial charge in [-0.25, -0.2) is 13.1 Å². The van der Waals surface area contributed by atoms with Crippen molar-refractivity contribution in [2.75, 3.05) is 13.7 Å². The summed E-state index contributed by atoms with van der Waals surface area (Å²) in [5, 5.41) is 0. The van der Waals surface area contributed by atoms with E-state index in [0.717, 1.165) is 31.2 Å². The van der Waals surface area contributed by atoms with Gasteiger partial charge in [0, 0.05) is 24.7 Å². The maximum Gasteiger partial charge on any atom is 0.254 e. The van der Waals surface area contributed by atoms with Gasteiger partial charge in [-0.05, 0) is 36.6 Å². The highest BCUT2D eigenvalue weighted by molar-refractivity contribution is 7.89. The Bertz CT molecular complexity index is 984. The Labute approximate surface area is 178 Å². The van der Waals surface area contributed by atoms with Gasteiger partial charge in [0.1, 0.15) is 10.6 Å². The van der Waals surface area contributed by atoms with Crippen molar-refractivity contribution in [1.82, 2.24) is 9.62 Å². The van der Waals surface area contributed by atoms with Gasteiger partial charge in [-0.2, -0.15) is 0 Å². The minimum absolute atomic E-state index is 0.0129. The zero-order valence-corrected chi connectivity index (χ0v) is 18.0. The van der Waals surface area contributed by atoms with Crippen LogP contribution in [-0.4, -0.2) is 38.9 Å². The van der Waals surface area contributed by atoms with E-state index in [-0.39, 0.29) is 22.6 Å². The fourth-order valence-corrected chi connectivity index (χ4v) is 5.21. The van der Waals surface area contributed by atoms with E-state index >= 15 is 0 Å². The molecule has 0 heterocycles. The number of rotatable bonds is 9. The van der Waals surface area contributed by atoms with Crippen LogP contribution in [0.25, 0.3) is 0 Å². The predicted molar refractivity (Wildman–Crippen MR) is 117 cm³/mol. The summed E-state index contributed by atoms with van der Waals surface area (Å²) in [5.41, 5.74) is 1.28. The Morgan fingerprint density at radius 3 is 2.53 bits per heavy atom. The Hall–Kier alpha value is -2.64. The molecule has 30 heavy (non-hydrogen) atoms. The molecule has 0 spiro atoms. The van der Waals surface area contributed by atoms with Gasteiger partial charge in [-0.3, -0.25) is 4.79 Å².